The van der Waals surface area contributed by atoms with Crippen molar-refractivity contribution in [1.82, 2.24) is 9.66 Å². The maximum atomic E-state index is 8.46. The van der Waals surface area contributed by atoms with Crippen LogP contribution >= 0.6 is 0 Å². The van der Waals surface area contributed by atoms with Crippen molar-refractivity contribution in [2.45, 2.75) is 32.6 Å². The predicted molar refractivity (Wildman–Crippen MR) is 90.4 cm³/mol. The number of anilines is 1. The number of imidazole rings is 1. The SMILES string of the molecule is Cc1cn(N=Cc2ccc(OCCCCCC#N)cc2)c(N)n1. The quantitative estimate of drug-likeness (QED) is 0.599. The van der Waals surface area contributed by atoms with Gasteiger partial charge in [-0.2, -0.15) is 10.4 Å². The second-order valence-electron chi connectivity index (χ2n) is 5.22. The zero-order valence-corrected chi connectivity index (χ0v) is 13.3. The van der Waals surface area contributed by atoms with E-state index in [1.807, 2.05) is 31.2 Å². The van der Waals surface area contributed by atoms with Gasteiger partial charge in [-0.3, -0.25) is 0 Å². The number of hydrogen-bond acceptors (Lipinski definition) is 5. The van der Waals surface area contributed by atoms with E-state index in [0.29, 0.717) is 19.0 Å². The van der Waals surface area contributed by atoms with Gasteiger partial charge in [0, 0.05) is 6.42 Å². The third kappa shape index (κ3) is 5.47. The van der Waals surface area contributed by atoms with Crippen molar-refractivity contribution in [2.24, 2.45) is 5.10 Å². The van der Waals surface area contributed by atoms with Crippen molar-refractivity contribution < 1.29 is 4.74 Å². The number of nitrogens with zero attached hydrogens (tertiary/aromatic N) is 4. The van der Waals surface area contributed by atoms with E-state index < -0.39 is 0 Å². The van der Waals surface area contributed by atoms with E-state index in [1.54, 1.807) is 17.1 Å². The zero-order chi connectivity index (χ0) is 16.5. The molecule has 0 radical (unpaired) electrons. The van der Waals surface area contributed by atoms with Gasteiger partial charge in [-0.25, -0.2) is 9.66 Å². The molecule has 0 aliphatic heterocycles. The second kappa shape index (κ2) is 8.59. The summed E-state index contributed by atoms with van der Waals surface area (Å²) in [5.74, 6) is 1.20. The summed E-state index contributed by atoms with van der Waals surface area (Å²) < 4.78 is 7.21. The molecule has 0 bridgehead atoms. The largest absolute Gasteiger partial charge is 0.494 e. The predicted octanol–water partition coefficient (Wildman–Crippen LogP) is 3.12. The topological polar surface area (TPSA) is 89.2 Å². The smallest absolute Gasteiger partial charge is 0.221 e. The van der Waals surface area contributed by atoms with Crippen LogP contribution in [0.25, 0.3) is 0 Å². The fourth-order valence-corrected chi connectivity index (χ4v) is 2.05. The lowest BCUT2D eigenvalue weighted by atomic mass is 10.2. The highest BCUT2D eigenvalue weighted by molar-refractivity contribution is 5.79. The number of aromatic nitrogens is 2. The van der Waals surface area contributed by atoms with E-state index in [1.165, 1.54) is 0 Å². The van der Waals surface area contributed by atoms with Crippen molar-refractivity contribution in [2.75, 3.05) is 12.3 Å². The van der Waals surface area contributed by atoms with Crippen molar-refractivity contribution >= 4 is 12.2 Å². The molecule has 0 saturated carbocycles. The Kier molecular flexibility index (Phi) is 6.18. The average molecular weight is 311 g/mol. The Balaban J connectivity index is 1.80. The molecule has 0 atom stereocenters. The summed E-state index contributed by atoms with van der Waals surface area (Å²) in [6.45, 7) is 2.54. The van der Waals surface area contributed by atoms with Gasteiger partial charge < -0.3 is 10.5 Å². The Hall–Kier alpha value is -2.81. The molecule has 1 heterocycles. The molecule has 2 aromatic rings. The Morgan fingerprint density at radius 1 is 1.30 bits per heavy atom. The monoisotopic (exact) mass is 311 g/mol. The molecule has 0 saturated heterocycles. The first-order valence-electron chi connectivity index (χ1n) is 7.64. The van der Waals surface area contributed by atoms with Crippen LogP contribution in [0.5, 0.6) is 5.75 Å². The standard InChI is InChI=1S/C17H21N5O/c1-14-13-22(17(19)21-14)20-12-15-6-8-16(9-7-15)23-11-5-3-2-4-10-18/h6-9,12-13H,2-5,11H2,1H3,(H2,19,21). The summed E-state index contributed by atoms with van der Waals surface area (Å²) in [6.07, 6.45) is 7.04. The fraction of sp³-hybridized carbons (Fsp3) is 0.353. The molecule has 0 amide bonds. The molecule has 0 aliphatic rings. The van der Waals surface area contributed by atoms with Crippen LogP contribution in [0, 0.1) is 18.3 Å². The normalized spacial score (nSPS) is 10.8. The highest BCUT2D eigenvalue weighted by Gasteiger charge is 1.99. The summed E-state index contributed by atoms with van der Waals surface area (Å²) in [5.41, 5.74) is 7.52. The minimum Gasteiger partial charge on any atom is -0.494 e. The van der Waals surface area contributed by atoms with Gasteiger partial charge in [0.05, 0.1) is 30.8 Å². The number of unbranched alkanes of at least 4 members (excludes halogenated alkanes) is 3. The number of nitrogens with two attached hydrogens (primary N) is 1. The molecule has 120 valence electrons. The Morgan fingerprint density at radius 2 is 2.09 bits per heavy atom. The lowest BCUT2D eigenvalue weighted by Crippen LogP contribution is -1.98. The summed E-state index contributed by atoms with van der Waals surface area (Å²) in [6, 6.07) is 9.85. The van der Waals surface area contributed by atoms with E-state index >= 15 is 0 Å². The number of aryl methyl sites for hydroxylation is 1. The Morgan fingerprint density at radius 3 is 2.74 bits per heavy atom. The molecule has 1 aromatic carbocycles. The highest BCUT2D eigenvalue weighted by Crippen LogP contribution is 2.12. The van der Waals surface area contributed by atoms with Gasteiger partial charge in [0.25, 0.3) is 0 Å². The van der Waals surface area contributed by atoms with E-state index in [2.05, 4.69) is 16.2 Å². The lowest BCUT2D eigenvalue weighted by Gasteiger charge is -2.05. The molecule has 0 unspecified atom stereocenters. The van der Waals surface area contributed by atoms with Crippen molar-refractivity contribution in [3.8, 4) is 11.8 Å². The first-order chi connectivity index (χ1) is 11.2. The van der Waals surface area contributed by atoms with E-state index in [0.717, 1.165) is 36.3 Å². The molecule has 23 heavy (non-hydrogen) atoms. The second-order valence-corrected chi connectivity index (χ2v) is 5.22. The van der Waals surface area contributed by atoms with E-state index in [-0.39, 0.29) is 0 Å². The minimum absolute atomic E-state index is 0.370. The van der Waals surface area contributed by atoms with Gasteiger partial charge in [0.15, 0.2) is 0 Å². The van der Waals surface area contributed by atoms with E-state index in [4.69, 9.17) is 15.7 Å². The summed E-state index contributed by atoms with van der Waals surface area (Å²) in [7, 11) is 0. The van der Waals surface area contributed by atoms with Gasteiger partial charge in [-0.1, -0.05) is 0 Å². The maximum absolute atomic E-state index is 8.46. The van der Waals surface area contributed by atoms with Crippen LogP contribution in [0.15, 0.2) is 35.6 Å². The van der Waals surface area contributed by atoms with Crippen LogP contribution in [0.2, 0.25) is 0 Å². The molecular formula is C17H21N5O. The molecule has 6 nitrogen and oxygen atoms in total. The summed E-state index contributed by atoms with van der Waals surface area (Å²) >= 11 is 0. The molecule has 0 fully saturated rings. The number of hydrogen-bond donors (Lipinski definition) is 1. The lowest BCUT2D eigenvalue weighted by molar-refractivity contribution is 0.305. The molecule has 1 aromatic heterocycles. The van der Waals surface area contributed by atoms with Crippen LogP contribution in [0.1, 0.15) is 36.9 Å². The third-order valence-corrected chi connectivity index (χ3v) is 3.25. The first-order valence-corrected chi connectivity index (χ1v) is 7.64. The Bertz CT molecular complexity index is 682. The van der Waals surface area contributed by atoms with Crippen LogP contribution in [0.3, 0.4) is 0 Å². The third-order valence-electron chi connectivity index (χ3n) is 3.25. The number of benzene rings is 1. The number of nitrogen functional groups attached to an aromatic ring is 1. The number of rotatable bonds is 8. The van der Waals surface area contributed by atoms with Gasteiger partial charge >= 0.3 is 0 Å². The van der Waals surface area contributed by atoms with Crippen LogP contribution in [-0.2, 0) is 0 Å². The average Bonchev–Trinajstić information content (AvgIpc) is 2.87. The van der Waals surface area contributed by atoms with Crippen LogP contribution in [-0.4, -0.2) is 22.5 Å². The maximum Gasteiger partial charge on any atom is 0.221 e. The molecular weight excluding hydrogens is 290 g/mol. The minimum atomic E-state index is 0.370. The first kappa shape index (κ1) is 16.6. The van der Waals surface area contributed by atoms with Crippen molar-refractivity contribution in [3.63, 3.8) is 0 Å². The highest BCUT2D eigenvalue weighted by atomic mass is 16.5. The van der Waals surface area contributed by atoms with Gasteiger partial charge in [0.2, 0.25) is 5.95 Å². The summed E-state index contributed by atoms with van der Waals surface area (Å²) in [5, 5.41) is 12.7. The van der Waals surface area contributed by atoms with Gasteiger partial charge in [-0.15, -0.1) is 0 Å². The summed E-state index contributed by atoms with van der Waals surface area (Å²) in [4.78, 5) is 4.09. The Labute approximate surface area is 136 Å². The van der Waals surface area contributed by atoms with Crippen molar-refractivity contribution in [1.29, 1.82) is 5.26 Å². The number of nitriles is 1. The number of ether oxygens (including phenoxy) is 1. The van der Waals surface area contributed by atoms with Gasteiger partial charge in [0.1, 0.15) is 5.75 Å². The molecule has 6 heteroatoms. The van der Waals surface area contributed by atoms with Crippen molar-refractivity contribution in [3.05, 3.63) is 41.7 Å². The zero-order valence-electron chi connectivity index (χ0n) is 13.3. The van der Waals surface area contributed by atoms with E-state index in [9.17, 15) is 0 Å². The molecule has 2 rings (SSSR count). The van der Waals surface area contributed by atoms with Gasteiger partial charge in [-0.05, 0) is 56.0 Å². The van der Waals surface area contributed by atoms with Crippen LogP contribution in [0.4, 0.5) is 5.95 Å². The molecule has 0 spiro atoms. The molecule has 2 N–H and O–H groups in total. The molecule has 0 aliphatic carbocycles. The van der Waals surface area contributed by atoms with Crippen LogP contribution < -0.4 is 10.5 Å². The fourth-order valence-electron chi connectivity index (χ4n) is 2.05.